The van der Waals surface area contributed by atoms with E-state index in [-0.39, 0.29) is 18.1 Å². The van der Waals surface area contributed by atoms with Crippen LogP contribution in [-0.2, 0) is 11.3 Å². The lowest BCUT2D eigenvalue weighted by Gasteiger charge is -2.07. The monoisotopic (exact) mass is 439 g/mol. The summed E-state index contributed by atoms with van der Waals surface area (Å²) in [7, 11) is 0. The fourth-order valence-electron chi connectivity index (χ4n) is 2.71. The number of carbonyl (C=O) groups excluding carboxylic acids is 2. The molecule has 3 heterocycles. The second kappa shape index (κ2) is 8.48. The molecule has 3 aromatic heterocycles. The summed E-state index contributed by atoms with van der Waals surface area (Å²) >= 11 is 7.23. The Bertz CT molecular complexity index is 1280. The van der Waals surface area contributed by atoms with Crippen molar-refractivity contribution in [3.8, 4) is 0 Å². The first kappa shape index (κ1) is 19.8. The first-order valence-electron chi connectivity index (χ1n) is 8.79. The van der Waals surface area contributed by atoms with Crippen molar-refractivity contribution in [2.24, 2.45) is 0 Å². The van der Waals surface area contributed by atoms with E-state index < -0.39 is 5.97 Å². The molecule has 4 aromatic rings. The number of nitrogens with one attached hydrogen (secondary N) is 1. The molecular formula is C21H14ClN3O4S. The number of anilines is 1. The second-order valence-electron chi connectivity index (χ2n) is 6.25. The molecule has 4 rings (SSSR count). The van der Waals surface area contributed by atoms with Gasteiger partial charge in [0, 0.05) is 18.0 Å². The van der Waals surface area contributed by atoms with Gasteiger partial charge in [0.25, 0.3) is 11.5 Å². The summed E-state index contributed by atoms with van der Waals surface area (Å²) in [6.45, 7) is -0.149. The van der Waals surface area contributed by atoms with Gasteiger partial charge < -0.3 is 10.1 Å². The molecular weight excluding hydrogens is 426 g/mol. The molecule has 150 valence electrons. The van der Waals surface area contributed by atoms with E-state index in [2.05, 4.69) is 10.3 Å². The number of esters is 1. The van der Waals surface area contributed by atoms with E-state index >= 15 is 0 Å². The molecule has 1 amide bonds. The van der Waals surface area contributed by atoms with Crippen molar-refractivity contribution < 1.29 is 14.3 Å². The maximum absolute atomic E-state index is 12.3. The van der Waals surface area contributed by atoms with Crippen molar-refractivity contribution >= 4 is 46.1 Å². The molecule has 30 heavy (non-hydrogen) atoms. The van der Waals surface area contributed by atoms with Gasteiger partial charge in [0.15, 0.2) is 0 Å². The van der Waals surface area contributed by atoms with Gasteiger partial charge in [-0.3, -0.25) is 14.0 Å². The normalized spacial score (nSPS) is 10.7. The molecule has 0 fully saturated rings. The van der Waals surface area contributed by atoms with Gasteiger partial charge >= 0.3 is 5.97 Å². The quantitative estimate of drug-likeness (QED) is 0.474. The largest absolute Gasteiger partial charge is 0.456 e. The third kappa shape index (κ3) is 4.40. The first-order valence-corrected chi connectivity index (χ1v) is 10.1. The maximum atomic E-state index is 12.3. The number of aromatic nitrogens is 2. The lowest BCUT2D eigenvalue weighted by molar-refractivity contribution is 0.0467. The molecule has 0 spiro atoms. The van der Waals surface area contributed by atoms with Gasteiger partial charge in [-0.1, -0.05) is 17.7 Å². The number of fused-ring (bicyclic) bond motifs is 1. The van der Waals surface area contributed by atoms with Gasteiger partial charge in [-0.15, -0.1) is 11.3 Å². The minimum Gasteiger partial charge on any atom is -0.456 e. The van der Waals surface area contributed by atoms with Gasteiger partial charge in [0.1, 0.15) is 12.3 Å². The van der Waals surface area contributed by atoms with Crippen LogP contribution in [0.25, 0.3) is 5.65 Å². The summed E-state index contributed by atoms with van der Waals surface area (Å²) in [5.74, 6) is -0.778. The summed E-state index contributed by atoms with van der Waals surface area (Å²) in [4.78, 5) is 41.4. The van der Waals surface area contributed by atoms with Crippen LogP contribution >= 0.6 is 22.9 Å². The van der Waals surface area contributed by atoms with Crippen LogP contribution in [0.3, 0.4) is 0 Å². The van der Waals surface area contributed by atoms with E-state index in [0.29, 0.717) is 32.5 Å². The Hall–Kier alpha value is -3.49. The fraction of sp³-hybridized carbons (Fsp3) is 0.0476. The van der Waals surface area contributed by atoms with Crippen molar-refractivity contribution in [2.75, 3.05) is 5.32 Å². The Labute approximate surface area is 179 Å². The topological polar surface area (TPSA) is 89.8 Å². The number of carbonyl (C=O) groups is 2. The zero-order valence-corrected chi connectivity index (χ0v) is 16.9. The minimum atomic E-state index is -0.566. The molecule has 1 aromatic carbocycles. The number of benzene rings is 1. The van der Waals surface area contributed by atoms with Gasteiger partial charge in [-0.2, -0.15) is 0 Å². The highest BCUT2D eigenvalue weighted by atomic mass is 35.5. The number of pyridine rings is 1. The van der Waals surface area contributed by atoms with Crippen LogP contribution in [0, 0.1) is 0 Å². The molecule has 0 unspecified atom stereocenters. The van der Waals surface area contributed by atoms with E-state index in [0.717, 1.165) is 0 Å². The highest BCUT2D eigenvalue weighted by molar-refractivity contribution is 7.12. The summed E-state index contributed by atoms with van der Waals surface area (Å²) in [5, 5.41) is 5.00. The number of amides is 1. The molecule has 0 atom stereocenters. The zero-order valence-electron chi connectivity index (χ0n) is 15.4. The van der Waals surface area contributed by atoms with Crippen LogP contribution < -0.4 is 10.9 Å². The lowest BCUT2D eigenvalue weighted by atomic mass is 10.2. The minimum absolute atomic E-state index is 0.149. The van der Waals surface area contributed by atoms with Gasteiger partial charge in [0.05, 0.1) is 21.2 Å². The molecule has 7 nitrogen and oxygen atoms in total. The van der Waals surface area contributed by atoms with Crippen LogP contribution in [0.1, 0.15) is 25.7 Å². The molecule has 1 N–H and O–H groups in total. The van der Waals surface area contributed by atoms with E-state index in [1.807, 2.05) is 5.38 Å². The third-order valence-electron chi connectivity index (χ3n) is 4.15. The Morgan fingerprint density at radius 2 is 1.93 bits per heavy atom. The molecule has 0 aliphatic heterocycles. The van der Waals surface area contributed by atoms with Gasteiger partial charge in [0.2, 0.25) is 0 Å². The summed E-state index contributed by atoms with van der Waals surface area (Å²) in [6, 6.07) is 14.4. The van der Waals surface area contributed by atoms with Crippen LogP contribution in [0.2, 0.25) is 5.02 Å². The number of hydrogen-bond acceptors (Lipinski definition) is 6. The Morgan fingerprint density at radius 3 is 2.67 bits per heavy atom. The molecule has 0 saturated heterocycles. The van der Waals surface area contributed by atoms with E-state index in [1.54, 1.807) is 48.5 Å². The van der Waals surface area contributed by atoms with Crippen molar-refractivity contribution in [3.63, 3.8) is 0 Å². The second-order valence-corrected chi connectivity index (χ2v) is 7.63. The Balaban J connectivity index is 1.40. The number of nitrogens with zero attached hydrogens (tertiary/aromatic N) is 2. The van der Waals surface area contributed by atoms with Crippen molar-refractivity contribution in [2.45, 2.75) is 6.61 Å². The van der Waals surface area contributed by atoms with E-state index in [1.165, 1.54) is 28.0 Å². The molecule has 0 aliphatic carbocycles. The maximum Gasteiger partial charge on any atom is 0.338 e. The lowest BCUT2D eigenvalue weighted by Crippen LogP contribution is -2.16. The number of hydrogen-bond donors (Lipinski definition) is 1. The van der Waals surface area contributed by atoms with E-state index in [4.69, 9.17) is 16.3 Å². The van der Waals surface area contributed by atoms with E-state index in [9.17, 15) is 14.4 Å². The summed E-state index contributed by atoms with van der Waals surface area (Å²) in [5.41, 5.74) is 1.29. The number of ether oxygens (including phenoxy) is 1. The standard InChI is InChI=1S/C21H14ClN3O4S/c22-14-5-8-18-23-16(10-19(26)25(18)11-14)12-29-21(28)13-3-6-15(7-4-13)24-20(27)17-2-1-9-30-17/h1-11H,12H2,(H,24,27). The number of halogens is 1. The van der Waals surface area contributed by atoms with Crippen molar-refractivity contribution in [3.05, 3.63) is 97.7 Å². The highest BCUT2D eigenvalue weighted by Gasteiger charge is 2.11. The summed E-state index contributed by atoms with van der Waals surface area (Å²) in [6.07, 6.45) is 1.47. The molecule has 9 heteroatoms. The highest BCUT2D eigenvalue weighted by Crippen LogP contribution is 2.15. The van der Waals surface area contributed by atoms with Crippen LogP contribution in [0.4, 0.5) is 5.69 Å². The predicted octanol–water partition coefficient (Wildman–Crippen LogP) is 4.02. The fourth-order valence-corrected chi connectivity index (χ4v) is 3.49. The SMILES string of the molecule is O=C(OCc1cc(=O)n2cc(Cl)ccc2n1)c1ccc(NC(=O)c2cccs2)cc1. The van der Waals surface area contributed by atoms with Gasteiger partial charge in [-0.25, -0.2) is 9.78 Å². The Morgan fingerprint density at radius 1 is 1.13 bits per heavy atom. The smallest absolute Gasteiger partial charge is 0.338 e. The Kier molecular flexibility index (Phi) is 5.60. The zero-order chi connectivity index (χ0) is 21.1. The van der Waals surface area contributed by atoms with Crippen molar-refractivity contribution in [1.29, 1.82) is 0 Å². The molecule has 0 radical (unpaired) electrons. The number of thiophene rings is 1. The first-order chi connectivity index (χ1) is 14.5. The molecule has 0 bridgehead atoms. The molecule has 0 saturated carbocycles. The van der Waals surface area contributed by atoms with Crippen LogP contribution in [0.15, 0.2) is 71.0 Å². The predicted molar refractivity (Wildman–Crippen MR) is 114 cm³/mol. The molecule has 0 aliphatic rings. The summed E-state index contributed by atoms with van der Waals surface area (Å²) < 4.78 is 6.58. The van der Waals surface area contributed by atoms with Gasteiger partial charge in [-0.05, 0) is 47.8 Å². The van der Waals surface area contributed by atoms with Crippen molar-refractivity contribution in [1.82, 2.24) is 9.38 Å². The number of rotatable bonds is 5. The third-order valence-corrected chi connectivity index (χ3v) is 5.24. The average Bonchev–Trinajstić information content (AvgIpc) is 3.28. The van der Waals surface area contributed by atoms with Crippen LogP contribution in [-0.4, -0.2) is 21.3 Å². The van der Waals surface area contributed by atoms with Crippen LogP contribution in [0.5, 0.6) is 0 Å². The average molecular weight is 440 g/mol.